The molecule has 22 heavy (non-hydrogen) atoms. The molecule has 0 spiro atoms. The average Bonchev–Trinajstić information content (AvgIpc) is 2.70. The molecule has 0 amide bonds. The SMILES string of the molecule is CCCCc1cc(S(=O)(=O)O)c2ccc(C(C)C)cc(C)c1-2. The van der Waals surface area contributed by atoms with Gasteiger partial charge in [0.2, 0.25) is 0 Å². The summed E-state index contributed by atoms with van der Waals surface area (Å²) in [5, 5.41) is 0. The second-order valence-corrected chi connectivity index (χ2v) is 7.61. The van der Waals surface area contributed by atoms with Gasteiger partial charge in [0.05, 0.1) is 0 Å². The van der Waals surface area contributed by atoms with E-state index in [4.69, 9.17) is 0 Å². The first kappa shape index (κ1) is 17.0. The molecule has 0 radical (unpaired) electrons. The van der Waals surface area contributed by atoms with E-state index >= 15 is 0 Å². The van der Waals surface area contributed by atoms with Crippen LogP contribution in [0.4, 0.5) is 0 Å². The van der Waals surface area contributed by atoms with Crippen molar-refractivity contribution in [1.82, 2.24) is 0 Å². The van der Waals surface area contributed by atoms with Crippen LogP contribution >= 0.6 is 0 Å². The lowest BCUT2D eigenvalue weighted by Gasteiger charge is -2.05. The van der Waals surface area contributed by atoms with Crippen molar-refractivity contribution in [3.05, 3.63) is 41.0 Å². The van der Waals surface area contributed by atoms with Gasteiger partial charge in [-0.1, -0.05) is 45.4 Å². The average molecular weight is 320 g/mol. The summed E-state index contributed by atoms with van der Waals surface area (Å²) >= 11 is 0. The maximum Gasteiger partial charge on any atom is 0.295 e. The molecule has 0 saturated carbocycles. The second-order valence-electron chi connectivity index (χ2n) is 6.22. The van der Waals surface area contributed by atoms with Crippen LogP contribution in [0.3, 0.4) is 0 Å². The van der Waals surface area contributed by atoms with Crippen molar-refractivity contribution in [2.24, 2.45) is 0 Å². The third-order valence-electron chi connectivity index (χ3n) is 4.13. The van der Waals surface area contributed by atoms with E-state index in [1.165, 1.54) is 0 Å². The first-order valence-corrected chi connectivity index (χ1v) is 9.23. The zero-order chi connectivity index (χ0) is 16.5. The van der Waals surface area contributed by atoms with E-state index in [2.05, 4.69) is 26.8 Å². The molecule has 0 saturated heterocycles. The van der Waals surface area contributed by atoms with E-state index in [1.54, 1.807) is 6.07 Å². The maximum absolute atomic E-state index is 11.7. The van der Waals surface area contributed by atoms with Gasteiger partial charge in [-0.15, -0.1) is 0 Å². The van der Waals surface area contributed by atoms with Crippen molar-refractivity contribution in [3.8, 4) is 11.1 Å². The molecule has 2 rings (SSSR count). The third-order valence-corrected chi connectivity index (χ3v) is 5.02. The van der Waals surface area contributed by atoms with Crippen LogP contribution in [-0.2, 0) is 16.5 Å². The number of rotatable bonds is 5. The molecule has 2 aliphatic carbocycles. The predicted molar refractivity (Wildman–Crippen MR) is 90.3 cm³/mol. The van der Waals surface area contributed by atoms with Gasteiger partial charge in [-0.25, -0.2) is 0 Å². The lowest BCUT2D eigenvalue weighted by Crippen LogP contribution is -1.97. The van der Waals surface area contributed by atoms with Gasteiger partial charge in [0.15, 0.2) is 0 Å². The molecular weight excluding hydrogens is 296 g/mol. The highest BCUT2D eigenvalue weighted by atomic mass is 32.2. The van der Waals surface area contributed by atoms with Crippen molar-refractivity contribution in [2.45, 2.75) is 57.8 Å². The van der Waals surface area contributed by atoms with E-state index < -0.39 is 10.1 Å². The van der Waals surface area contributed by atoms with Gasteiger partial charge in [-0.2, -0.15) is 8.42 Å². The van der Waals surface area contributed by atoms with Crippen molar-refractivity contribution >= 4 is 10.1 Å². The molecule has 0 aromatic carbocycles. The van der Waals surface area contributed by atoms with Gasteiger partial charge in [0, 0.05) is 5.56 Å². The van der Waals surface area contributed by atoms with Gasteiger partial charge < -0.3 is 0 Å². The minimum Gasteiger partial charge on any atom is -0.282 e. The molecule has 0 fully saturated rings. The first-order valence-electron chi connectivity index (χ1n) is 7.79. The summed E-state index contributed by atoms with van der Waals surface area (Å²) < 4.78 is 33.0. The Hall–Kier alpha value is -1.39. The molecule has 2 aliphatic rings. The van der Waals surface area contributed by atoms with Crippen molar-refractivity contribution in [1.29, 1.82) is 0 Å². The number of aryl methyl sites for hydroxylation is 2. The number of fused-ring (bicyclic) bond motifs is 1. The lowest BCUT2D eigenvalue weighted by atomic mass is 10.00. The van der Waals surface area contributed by atoms with Crippen LogP contribution in [0, 0.1) is 6.92 Å². The van der Waals surface area contributed by atoms with E-state index in [9.17, 15) is 13.0 Å². The predicted octanol–water partition coefficient (Wildman–Crippen LogP) is 4.81. The highest BCUT2D eigenvalue weighted by Gasteiger charge is 2.24. The fourth-order valence-corrected chi connectivity index (χ4v) is 3.66. The molecule has 120 valence electrons. The molecular formula is C18H24O3S. The largest absolute Gasteiger partial charge is 0.295 e. The highest BCUT2D eigenvalue weighted by molar-refractivity contribution is 7.86. The van der Waals surface area contributed by atoms with Crippen molar-refractivity contribution in [3.63, 3.8) is 0 Å². The Morgan fingerprint density at radius 3 is 2.41 bits per heavy atom. The first-order chi connectivity index (χ1) is 10.3. The highest BCUT2D eigenvalue weighted by Crippen LogP contribution is 2.38. The number of hydrogen-bond acceptors (Lipinski definition) is 2. The zero-order valence-corrected chi connectivity index (χ0v) is 14.5. The van der Waals surface area contributed by atoms with E-state index in [-0.39, 0.29) is 4.90 Å². The summed E-state index contributed by atoms with van der Waals surface area (Å²) in [5.74, 6) is 0.364. The summed E-state index contributed by atoms with van der Waals surface area (Å²) in [6, 6.07) is 7.54. The van der Waals surface area contributed by atoms with Gasteiger partial charge >= 0.3 is 0 Å². The molecule has 0 aromatic heterocycles. The number of hydrogen-bond donors (Lipinski definition) is 1. The van der Waals surface area contributed by atoms with Gasteiger partial charge in [0.1, 0.15) is 4.90 Å². The Labute approximate surface area is 133 Å². The van der Waals surface area contributed by atoms with Crippen molar-refractivity contribution in [2.75, 3.05) is 0 Å². The van der Waals surface area contributed by atoms with Crippen LogP contribution in [0.25, 0.3) is 11.1 Å². The molecule has 3 nitrogen and oxygen atoms in total. The summed E-state index contributed by atoms with van der Waals surface area (Å²) in [4.78, 5) is 0.0302. The van der Waals surface area contributed by atoms with Crippen LogP contribution < -0.4 is 0 Å². The zero-order valence-electron chi connectivity index (χ0n) is 13.7. The Morgan fingerprint density at radius 2 is 1.86 bits per heavy atom. The fourth-order valence-electron chi connectivity index (χ4n) is 2.92. The summed E-state index contributed by atoms with van der Waals surface area (Å²) in [7, 11) is -4.21. The van der Waals surface area contributed by atoms with E-state index in [0.29, 0.717) is 11.5 Å². The van der Waals surface area contributed by atoms with Crippen LogP contribution in [-0.4, -0.2) is 13.0 Å². The summed E-state index contributed by atoms with van der Waals surface area (Å²) in [6.45, 7) is 8.35. The maximum atomic E-state index is 11.7. The standard InChI is InChI=1S/C18H24O3S/c1-5-6-7-15-11-17(22(19,20)21)16-9-8-14(12(2)3)10-13(4)18(15)16/h8-12H,5-7H2,1-4H3,(H,19,20,21). The molecule has 0 aromatic rings. The molecule has 0 bridgehead atoms. The van der Waals surface area contributed by atoms with Crippen LogP contribution in [0.1, 0.15) is 56.2 Å². The molecule has 0 aliphatic heterocycles. The number of unbranched alkanes of at least 4 members (excludes halogenated alkanes) is 1. The minimum atomic E-state index is -4.21. The molecule has 0 unspecified atom stereocenters. The van der Waals surface area contributed by atoms with Crippen LogP contribution in [0.15, 0.2) is 29.2 Å². The quantitative estimate of drug-likeness (QED) is 0.804. The lowest BCUT2D eigenvalue weighted by molar-refractivity contribution is 0.484. The molecule has 0 atom stereocenters. The minimum absolute atomic E-state index is 0.0302. The molecule has 0 heterocycles. The topological polar surface area (TPSA) is 54.4 Å². The van der Waals surface area contributed by atoms with E-state index in [0.717, 1.165) is 41.5 Å². The Kier molecular flexibility index (Phi) is 4.93. The summed E-state index contributed by atoms with van der Waals surface area (Å²) in [5.41, 5.74) is 4.82. The summed E-state index contributed by atoms with van der Waals surface area (Å²) in [6.07, 6.45) is 2.87. The van der Waals surface area contributed by atoms with Crippen molar-refractivity contribution < 1.29 is 13.0 Å². The smallest absolute Gasteiger partial charge is 0.282 e. The van der Waals surface area contributed by atoms with Gasteiger partial charge in [-0.3, -0.25) is 4.55 Å². The Balaban J connectivity index is 2.76. The molecule has 1 N–H and O–H groups in total. The van der Waals surface area contributed by atoms with Gasteiger partial charge in [-0.05, 0) is 54.0 Å². The Morgan fingerprint density at radius 1 is 1.18 bits per heavy atom. The fraction of sp³-hybridized carbons (Fsp3) is 0.444. The van der Waals surface area contributed by atoms with E-state index in [1.807, 2.05) is 19.1 Å². The second kappa shape index (κ2) is 6.39. The molecule has 4 heteroatoms. The van der Waals surface area contributed by atoms with Gasteiger partial charge in [0.25, 0.3) is 10.1 Å². The third kappa shape index (κ3) is 3.33. The Bertz CT molecular complexity index is 745. The normalized spacial score (nSPS) is 12.3. The monoisotopic (exact) mass is 320 g/mol. The van der Waals surface area contributed by atoms with Crippen LogP contribution in [0.2, 0.25) is 0 Å². The van der Waals surface area contributed by atoms with Crippen LogP contribution in [0.5, 0.6) is 0 Å².